The van der Waals surface area contributed by atoms with Crippen molar-refractivity contribution in [2.24, 2.45) is 0 Å². The lowest BCUT2D eigenvalue weighted by atomic mass is 9.96. The normalized spacial score (nSPS) is 11.6. The van der Waals surface area contributed by atoms with Crippen molar-refractivity contribution in [2.75, 3.05) is 6.26 Å². The van der Waals surface area contributed by atoms with Crippen molar-refractivity contribution in [2.45, 2.75) is 4.90 Å². The molecule has 0 saturated heterocycles. The summed E-state index contributed by atoms with van der Waals surface area (Å²) < 4.78 is 51.7. The summed E-state index contributed by atoms with van der Waals surface area (Å²) in [5, 5.41) is 0.806. The smallest absolute Gasteiger partial charge is 0.181 e. The minimum absolute atomic E-state index is 0.145. The van der Waals surface area contributed by atoms with Crippen LogP contribution in [0.1, 0.15) is 0 Å². The highest BCUT2D eigenvalue weighted by Gasteiger charge is 2.22. The van der Waals surface area contributed by atoms with Gasteiger partial charge in [-0.2, -0.15) is 0 Å². The Balaban J connectivity index is 2.24. The van der Waals surface area contributed by atoms with Crippen LogP contribution in [0.15, 0.2) is 53.7 Å². The van der Waals surface area contributed by atoms with Crippen molar-refractivity contribution in [3.63, 3.8) is 0 Å². The molecule has 0 spiro atoms. The topological polar surface area (TPSA) is 47.0 Å². The number of rotatable bonds is 3. The standard InChI is InChI=1S/C18H11Cl2F2NO2S/c1-26(24,25)18-16(21)6-11(7-17(18)22)15-9-23-3-2-14(15)10-4-12(19)8-13(20)5-10/h2-9H,1H3. The van der Waals surface area contributed by atoms with Gasteiger partial charge in [0.15, 0.2) is 9.84 Å². The van der Waals surface area contributed by atoms with Crippen LogP contribution in [0.5, 0.6) is 0 Å². The Morgan fingerprint density at radius 2 is 1.42 bits per heavy atom. The van der Waals surface area contributed by atoms with Gasteiger partial charge in [0.1, 0.15) is 16.5 Å². The quantitative estimate of drug-likeness (QED) is 0.576. The summed E-state index contributed by atoms with van der Waals surface area (Å²) in [6, 6.07) is 8.46. The van der Waals surface area contributed by atoms with Gasteiger partial charge in [0, 0.05) is 34.3 Å². The predicted octanol–water partition coefficient (Wildman–Crippen LogP) is 5.40. The third-order valence-electron chi connectivity index (χ3n) is 3.67. The molecule has 0 aliphatic rings. The highest BCUT2D eigenvalue weighted by molar-refractivity contribution is 7.90. The molecule has 0 unspecified atom stereocenters. The summed E-state index contributed by atoms with van der Waals surface area (Å²) in [6.07, 6.45) is 3.70. The predicted molar refractivity (Wildman–Crippen MR) is 98.2 cm³/mol. The number of sulfone groups is 1. The molecule has 3 nitrogen and oxygen atoms in total. The molecule has 0 atom stereocenters. The molecule has 1 heterocycles. The number of pyridine rings is 1. The van der Waals surface area contributed by atoms with E-state index in [0.29, 0.717) is 26.7 Å². The molecule has 0 fully saturated rings. The van der Waals surface area contributed by atoms with E-state index in [1.54, 1.807) is 24.3 Å². The van der Waals surface area contributed by atoms with Gasteiger partial charge in [-0.15, -0.1) is 0 Å². The first-order valence-corrected chi connectivity index (χ1v) is 9.91. The monoisotopic (exact) mass is 413 g/mol. The van der Waals surface area contributed by atoms with E-state index in [0.717, 1.165) is 18.4 Å². The third-order valence-corrected chi connectivity index (χ3v) is 5.24. The summed E-state index contributed by atoms with van der Waals surface area (Å²) in [5.74, 6) is -2.33. The van der Waals surface area contributed by atoms with Gasteiger partial charge in [0.2, 0.25) is 0 Å². The molecule has 134 valence electrons. The minimum atomic E-state index is -4.04. The van der Waals surface area contributed by atoms with E-state index in [1.165, 1.54) is 12.4 Å². The van der Waals surface area contributed by atoms with Gasteiger partial charge in [-0.1, -0.05) is 23.2 Å². The lowest BCUT2D eigenvalue weighted by molar-refractivity contribution is 0.522. The zero-order chi connectivity index (χ0) is 19.1. The fourth-order valence-corrected chi connectivity index (χ4v) is 4.01. The Bertz CT molecular complexity index is 1070. The van der Waals surface area contributed by atoms with E-state index in [-0.39, 0.29) is 5.56 Å². The van der Waals surface area contributed by atoms with Crippen LogP contribution in [0, 0.1) is 11.6 Å². The number of aromatic nitrogens is 1. The lowest BCUT2D eigenvalue weighted by Gasteiger charge is -2.12. The van der Waals surface area contributed by atoms with E-state index in [1.807, 2.05) is 0 Å². The second kappa shape index (κ2) is 6.95. The van der Waals surface area contributed by atoms with Gasteiger partial charge in [0.25, 0.3) is 0 Å². The molecule has 0 radical (unpaired) electrons. The zero-order valence-electron chi connectivity index (χ0n) is 13.3. The third kappa shape index (κ3) is 3.72. The molecule has 0 amide bonds. The molecule has 0 N–H and O–H groups in total. The number of hydrogen-bond donors (Lipinski definition) is 0. The molecule has 0 aliphatic heterocycles. The molecule has 3 aromatic rings. The fourth-order valence-electron chi connectivity index (χ4n) is 2.66. The summed E-state index contributed by atoms with van der Waals surface area (Å²) >= 11 is 12.1. The van der Waals surface area contributed by atoms with Crippen molar-refractivity contribution >= 4 is 33.0 Å². The van der Waals surface area contributed by atoms with Crippen molar-refractivity contribution in [3.05, 3.63) is 70.5 Å². The highest BCUT2D eigenvalue weighted by Crippen LogP contribution is 2.36. The van der Waals surface area contributed by atoms with Crippen LogP contribution in [0.25, 0.3) is 22.3 Å². The van der Waals surface area contributed by atoms with Crippen LogP contribution in [0.2, 0.25) is 10.0 Å². The lowest BCUT2D eigenvalue weighted by Crippen LogP contribution is -2.05. The Kier molecular flexibility index (Phi) is 5.01. The van der Waals surface area contributed by atoms with E-state index >= 15 is 0 Å². The van der Waals surface area contributed by atoms with Crippen LogP contribution < -0.4 is 0 Å². The van der Waals surface area contributed by atoms with Crippen molar-refractivity contribution in [1.29, 1.82) is 0 Å². The molecular weight excluding hydrogens is 403 g/mol. The van der Waals surface area contributed by atoms with E-state index < -0.39 is 26.4 Å². The molecule has 3 rings (SSSR count). The number of hydrogen-bond acceptors (Lipinski definition) is 3. The maximum atomic E-state index is 14.3. The molecule has 0 saturated carbocycles. The van der Waals surface area contributed by atoms with Gasteiger partial charge in [-0.05, 0) is 53.1 Å². The molecule has 0 aliphatic carbocycles. The summed E-state index contributed by atoms with van der Waals surface area (Å²) in [5.41, 5.74) is 1.78. The average Bonchev–Trinajstić information content (AvgIpc) is 2.52. The maximum absolute atomic E-state index is 14.3. The first-order chi connectivity index (χ1) is 12.2. The second-order valence-corrected chi connectivity index (χ2v) is 8.45. The minimum Gasteiger partial charge on any atom is -0.264 e. The molecule has 8 heteroatoms. The largest absolute Gasteiger partial charge is 0.264 e. The molecule has 1 aromatic heterocycles. The first kappa shape index (κ1) is 18.8. The molecule has 26 heavy (non-hydrogen) atoms. The van der Waals surface area contributed by atoms with Crippen molar-refractivity contribution in [3.8, 4) is 22.3 Å². The Morgan fingerprint density at radius 1 is 0.885 bits per heavy atom. The average molecular weight is 414 g/mol. The first-order valence-electron chi connectivity index (χ1n) is 7.27. The van der Waals surface area contributed by atoms with E-state index in [2.05, 4.69) is 4.98 Å². The summed E-state index contributed by atoms with van der Waals surface area (Å²) in [4.78, 5) is 3.03. The van der Waals surface area contributed by atoms with E-state index in [4.69, 9.17) is 23.2 Å². The molecular formula is C18H11Cl2F2NO2S. The van der Waals surface area contributed by atoms with Crippen LogP contribution in [0.4, 0.5) is 8.78 Å². The SMILES string of the molecule is CS(=O)(=O)c1c(F)cc(-c2cnccc2-c2cc(Cl)cc(Cl)c2)cc1F. The van der Waals surface area contributed by atoms with Gasteiger partial charge >= 0.3 is 0 Å². The Labute approximate surface area is 159 Å². The number of benzene rings is 2. The van der Waals surface area contributed by atoms with Crippen LogP contribution >= 0.6 is 23.2 Å². The molecule has 2 aromatic carbocycles. The summed E-state index contributed by atoms with van der Waals surface area (Å²) in [7, 11) is -4.04. The number of halogens is 4. The Morgan fingerprint density at radius 3 is 1.96 bits per heavy atom. The van der Waals surface area contributed by atoms with Gasteiger partial charge in [-0.25, -0.2) is 17.2 Å². The maximum Gasteiger partial charge on any atom is 0.181 e. The molecule has 0 bridgehead atoms. The van der Waals surface area contributed by atoms with Crippen LogP contribution in [0.3, 0.4) is 0 Å². The number of nitrogens with zero attached hydrogens (tertiary/aromatic N) is 1. The fraction of sp³-hybridized carbons (Fsp3) is 0.0556. The van der Waals surface area contributed by atoms with Crippen LogP contribution in [-0.2, 0) is 9.84 Å². The van der Waals surface area contributed by atoms with Crippen molar-refractivity contribution in [1.82, 2.24) is 4.98 Å². The zero-order valence-corrected chi connectivity index (χ0v) is 15.6. The van der Waals surface area contributed by atoms with Gasteiger partial charge in [0.05, 0.1) is 0 Å². The van der Waals surface area contributed by atoms with Crippen LogP contribution in [-0.4, -0.2) is 19.7 Å². The van der Waals surface area contributed by atoms with E-state index in [9.17, 15) is 17.2 Å². The van der Waals surface area contributed by atoms with Gasteiger partial charge < -0.3 is 0 Å². The Hall–Kier alpha value is -2.02. The second-order valence-electron chi connectivity index (χ2n) is 5.62. The van der Waals surface area contributed by atoms with Gasteiger partial charge in [-0.3, -0.25) is 4.98 Å². The summed E-state index contributed by atoms with van der Waals surface area (Å²) in [6.45, 7) is 0. The highest BCUT2D eigenvalue weighted by atomic mass is 35.5. The van der Waals surface area contributed by atoms with Crippen molar-refractivity contribution < 1.29 is 17.2 Å².